The molecule has 0 amide bonds. The number of imidazole rings is 1. The number of H-pyrrole nitrogens is 1. The Morgan fingerprint density at radius 2 is 1.86 bits per heavy atom. The highest BCUT2D eigenvalue weighted by molar-refractivity contribution is 14.1. The minimum Gasteiger partial charge on any atom is -0.331 e. The summed E-state index contributed by atoms with van der Waals surface area (Å²) in [4.78, 5) is 2.94. The zero-order valence-electron chi connectivity index (χ0n) is 10.5. The number of aromatic amines is 1. The van der Waals surface area contributed by atoms with Crippen LogP contribution in [0, 0.1) is 25.8 Å². The second-order valence-corrected chi connectivity index (χ2v) is 6.08. The van der Waals surface area contributed by atoms with Crippen LogP contribution in [0.5, 0.6) is 0 Å². The van der Waals surface area contributed by atoms with Gasteiger partial charge in [-0.3, -0.25) is 0 Å². The number of fused-ring (bicyclic) bond motifs is 1. The van der Waals surface area contributed by atoms with Crippen LogP contribution in [0.25, 0.3) is 11.0 Å². The molecule has 0 unspecified atom stereocenters. The lowest BCUT2D eigenvalue weighted by molar-refractivity contribution is 0.577. The zero-order chi connectivity index (χ0) is 15.1. The van der Waals surface area contributed by atoms with Crippen molar-refractivity contribution in [1.29, 1.82) is 0 Å². The molecule has 1 N–H and O–H groups in total. The summed E-state index contributed by atoms with van der Waals surface area (Å²) in [5.41, 5.74) is 1.33. The van der Waals surface area contributed by atoms with Gasteiger partial charge in [-0.15, -0.1) is 0 Å². The van der Waals surface area contributed by atoms with Crippen LogP contribution in [-0.2, 0) is 6.54 Å². The third kappa shape index (κ3) is 2.71. The summed E-state index contributed by atoms with van der Waals surface area (Å²) in [5, 5.41) is 0. The number of aromatic nitrogens is 2. The molecule has 1 heterocycles. The Kier molecular flexibility index (Phi) is 3.78. The summed E-state index contributed by atoms with van der Waals surface area (Å²) >= 11 is 7.06. The minimum absolute atomic E-state index is 0.0302. The van der Waals surface area contributed by atoms with Crippen molar-refractivity contribution in [2.45, 2.75) is 6.54 Å². The van der Waals surface area contributed by atoms with E-state index in [1.807, 2.05) is 22.6 Å². The fraction of sp³-hybridized carbons (Fsp3) is 0.0714. The summed E-state index contributed by atoms with van der Waals surface area (Å²) in [6.45, 7) is 0.0302. The van der Waals surface area contributed by atoms with Crippen molar-refractivity contribution in [2.24, 2.45) is 0 Å². The first kappa shape index (κ1) is 14.6. The lowest BCUT2D eigenvalue weighted by Gasteiger charge is -2.07. The van der Waals surface area contributed by atoms with Crippen molar-refractivity contribution in [2.75, 3.05) is 0 Å². The van der Waals surface area contributed by atoms with Gasteiger partial charge in [-0.2, -0.15) is 0 Å². The molecule has 2 aromatic carbocycles. The van der Waals surface area contributed by atoms with Crippen LogP contribution in [0.15, 0.2) is 30.3 Å². The topological polar surface area (TPSA) is 20.7 Å². The molecule has 7 heteroatoms. The van der Waals surface area contributed by atoms with Gasteiger partial charge in [0.05, 0.1) is 21.1 Å². The maximum atomic E-state index is 13.7. The van der Waals surface area contributed by atoms with Gasteiger partial charge in [-0.05, 0) is 59.1 Å². The number of halogens is 4. The van der Waals surface area contributed by atoms with E-state index in [9.17, 15) is 13.2 Å². The highest BCUT2D eigenvalue weighted by Crippen LogP contribution is 2.22. The molecule has 0 aliphatic carbocycles. The molecule has 2 nitrogen and oxygen atoms in total. The molecular formula is C14H8F3IN2S. The summed E-state index contributed by atoms with van der Waals surface area (Å²) in [6.07, 6.45) is 0. The van der Waals surface area contributed by atoms with Gasteiger partial charge < -0.3 is 9.55 Å². The molecule has 0 aliphatic rings. The Morgan fingerprint density at radius 1 is 1.10 bits per heavy atom. The third-order valence-electron chi connectivity index (χ3n) is 3.15. The van der Waals surface area contributed by atoms with Gasteiger partial charge in [-0.25, -0.2) is 13.2 Å². The molecule has 1 aromatic heterocycles. The predicted octanol–water partition coefficient (Wildman–Crippen LogP) is 4.77. The second-order valence-electron chi connectivity index (χ2n) is 4.54. The molecule has 3 aromatic rings. The Bertz CT molecular complexity index is 901. The summed E-state index contributed by atoms with van der Waals surface area (Å²) < 4.78 is 43.0. The Hall–Kier alpha value is -1.35. The SMILES string of the molecule is Fc1ccc(F)c(Cn2c(=S)[nH]c3cc(I)c(F)cc32)c1. The van der Waals surface area contributed by atoms with E-state index in [2.05, 4.69) is 4.98 Å². The molecule has 0 bridgehead atoms. The minimum atomic E-state index is -0.529. The molecule has 0 aliphatic heterocycles. The van der Waals surface area contributed by atoms with E-state index in [4.69, 9.17) is 12.2 Å². The highest BCUT2D eigenvalue weighted by Gasteiger charge is 2.11. The molecule has 0 saturated heterocycles. The van der Waals surface area contributed by atoms with Crippen LogP contribution in [0.3, 0.4) is 0 Å². The van der Waals surface area contributed by atoms with Crippen LogP contribution >= 0.6 is 34.8 Å². The standard InChI is InChI=1S/C14H8F3IN2S/c15-8-1-2-9(16)7(3-8)6-20-13-4-10(17)11(18)5-12(13)19-14(20)21/h1-5H,6H2,(H,19,21). The van der Waals surface area contributed by atoms with Gasteiger partial charge >= 0.3 is 0 Å². The molecule has 3 rings (SSSR count). The molecule has 21 heavy (non-hydrogen) atoms. The number of nitrogens with one attached hydrogen (secondary N) is 1. The van der Waals surface area contributed by atoms with Crippen molar-refractivity contribution in [3.63, 3.8) is 0 Å². The lowest BCUT2D eigenvalue weighted by atomic mass is 10.2. The summed E-state index contributed by atoms with van der Waals surface area (Å²) in [7, 11) is 0. The maximum absolute atomic E-state index is 13.7. The van der Waals surface area contributed by atoms with Gasteiger partial charge in [0.1, 0.15) is 17.5 Å². The number of rotatable bonds is 2. The smallest absolute Gasteiger partial charge is 0.178 e. The van der Waals surface area contributed by atoms with Gasteiger partial charge in [0.25, 0.3) is 0 Å². The van der Waals surface area contributed by atoms with Crippen LogP contribution in [0.1, 0.15) is 5.56 Å². The molecular weight excluding hydrogens is 412 g/mol. The number of hydrogen-bond donors (Lipinski definition) is 1. The molecule has 0 fully saturated rings. The molecule has 108 valence electrons. The van der Waals surface area contributed by atoms with E-state index in [1.54, 1.807) is 10.6 Å². The van der Waals surface area contributed by atoms with Crippen molar-refractivity contribution in [3.8, 4) is 0 Å². The second kappa shape index (κ2) is 5.45. The van der Waals surface area contributed by atoms with Gasteiger partial charge in [0.15, 0.2) is 4.77 Å². The van der Waals surface area contributed by atoms with Crippen LogP contribution in [-0.4, -0.2) is 9.55 Å². The fourth-order valence-electron chi connectivity index (χ4n) is 2.14. The number of hydrogen-bond acceptors (Lipinski definition) is 1. The average Bonchev–Trinajstić information content (AvgIpc) is 2.71. The van der Waals surface area contributed by atoms with E-state index in [1.165, 1.54) is 6.07 Å². The Balaban J connectivity index is 2.16. The van der Waals surface area contributed by atoms with E-state index in [-0.39, 0.29) is 17.9 Å². The van der Waals surface area contributed by atoms with E-state index in [0.29, 0.717) is 19.4 Å². The number of nitrogens with zero attached hydrogens (tertiary/aromatic N) is 1. The summed E-state index contributed by atoms with van der Waals surface area (Å²) in [6, 6.07) is 6.18. The first-order valence-electron chi connectivity index (χ1n) is 5.97. The molecule has 0 spiro atoms. The van der Waals surface area contributed by atoms with Gasteiger partial charge in [-0.1, -0.05) is 0 Å². The highest BCUT2D eigenvalue weighted by atomic mass is 127. The first-order valence-corrected chi connectivity index (χ1v) is 7.46. The Labute approximate surface area is 136 Å². The lowest BCUT2D eigenvalue weighted by Crippen LogP contribution is -2.03. The summed E-state index contributed by atoms with van der Waals surface area (Å²) in [5.74, 6) is -1.44. The third-order valence-corrected chi connectivity index (χ3v) is 4.30. The fourth-order valence-corrected chi connectivity index (χ4v) is 2.88. The normalized spacial score (nSPS) is 11.2. The van der Waals surface area contributed by atoms with Crippen LogP contribution in [0.4, 0.5) is 13.2 Å². The first-order chi connectivity index (χ1) is 9.95. The van der Waals surface area contributed by atoms with Crippen molar-refractivity contribution >= 4 is 45.8 Å². The van der Waals surface area contributed by atoms with Crippen LogP contribution < -0.4 is 0 Å². The van der Waals surface area contributed by atoms with Crippen molar-refractivity contribution in [3.05, 3.63) is 61.7 Å². The quantitative estimate of drug-likeness (QED) is 0.468. The maximum Gasteiger partial charge on any atom is 0.178 e. The van der Waals surface area contributed by atoms with E-state index < -0.39 is 11.6 Å². The zero-order valence-corrected chi connectivity index (χ0v) is 13.4. The predicted molar refractivity (Wildman–Crippen MR) is 85.3 cm³/mol. The molecule has 0 radical (unpaired) electrons. The Morgan fingerprint density at radius 3 is 2.62 bits per heavy atom. The van der Waals surface area contributed by atoms with Crippen molar-refractivity contribution < 1.29 is 13.2 Å². The molecule has 0 atom stereocenters. The number of benzene rings is 2. The van der Waals surface area contributed by atoms with E-state index >= 15 is 0 Å². The van der Waals surface area contributed by atoms with E-state index in [0.717, 1.165) is 18.2 Å². The van der Waals surface area contributed by atoms with Crippen LogP contribution in [0.2, 0.25) is 0 Å². The molecule has 0 saturated carbocycles. The largest absolute Gasteiger partial charge is 0.331 e. The monoisotopic (exact) mass is 420 g/mol. The average molecular weight is 420 g/mol. The van der Waals surface area contributed by atoms with Gasteiger partial charge in [0.2, 0.25) is 0 Å². The van der Waals surface area contributed by atoms with Crippen molar-refractivity contribution in [1.82, 2.24) is 9.55 Å². The van der Waals surface area contributed by atoms with Gasteiger partial charge in [0, 0.05) is 11.6 Å².